The Morgan fingerprint density at radius 3 is 2.16 bits per heavy atom. The lowest BCUT2D eigenvalue weighted by Gasteiger charge is -2.31. The van der Waals surface area contributed by atoms with Gasteiger partial charge >= 0.3 is 5.97 Å². The number of hydrogen-bond donors (Lipinski definition) is 2. The Morgan fingerprint density at radius 2 is 1.74 bits per heavy atom. The summed E-state index contributed by atoms with van der Waals surface area (Å²) in [5.41, 5.74) is -0.00328. The molecule has 1 aliphatic rings. The number of benzene rings is 1. The van der Waals surface area contributed by atoms with Gasteiger partial charge in [-0.3, -0.25) is 9.59 Å². The van der Waals surface area contributed by atoms with Gasteiger partial charge in [-0.1, -0.05) is 0 Å². The fraction of sp³-hybridized carbons (Fsp3) is 0.333. The van der Waals surface area contributed by atoms with E-state index in [1.807, 2.05) is 0 Å². The lowest BCUT2D eigenvalue weighted by molar-refractivity contribution is -0.151. The van der Waals surface area contributed by atoms with E-state index in [9.17, 15) is 18.4 Å². The van der Waals surface area contributed by atoms with Crippen molar-refractivity contribution in [3.63, 3.8) is 0 Å². The molecule has 102 valence electrons. The second-order valence-electron chi connectivity index (χ2n) is 4.37. The van der Waals surface area contributed by atoms with Crippen LogP contribution in [-0.2, 0) is 9.59 Å². The molecule has 0 bridgehead atoms. The maximum Gasteiger partial charge on any atom is 0.307 e. The average Bonchev–Trinajstić information content (AvgIpc) is 2.23. The van der Waals surface area contributed by atoms with Crippen molar-refractivity contribution < 1.29 is 23.5 Å². The largest absolute Gasteiger partial charge is 0.481 e. The molecule has 0 aromatic heterocycles. The molecule has 1 amide bonds. The van der Waals surface area contributed by atoms with E-state index in [4.69, 9.17) is 5.11 Å². The molecule has 2 atom stereocenters. The Balaban J connectivity index is 2.09. The van der Waals surface area contributed by atoms with Crippen molar-refractivity contribution in [1.29, 1.82) is 0 Å². The summed E-state index contributed by atoms with van der Waals surface area (Å²) in [5.74, 6) is -4.41. The van der Waals surface area contributed by atoms with Crippen LogP contribution in [0.2, 0.25) is 0 Å². The molecule has 0 saturated heterocycles. The predicted octanol–water partition coefficient (Wildman–Crippen LogP) is 2.62. The number of carbonyl (C=O) groups excluding carboxylic acids is 1. The van der Waals surface area contributed by atoms with Gasteiger partial charge in [-0.25, -0.2) is 8.78 Å². The van der Waals surface area contributed by atoms with Crippen molar-refractivity contribution in [2.45, 2.75) is 12.8 Å². The zero-order chi connectivity index (χ0) is 14.2. The van der Waals surface area contributed by atoms with Crippen molar-refractivity contribution in [2.75, 3.05) is 5.32 Å². The molecule has 0 aliphatic heterocycles. The molecule has 1 aromatic rings. The molecule has 7 heteroatoms. The van der Waals surface area contributed by atoms with Crippen LogP contribution in [0.15, 0.2) is 12.1 Å². The first-order valence-electron chi connectivity index (χ1n) is 5.58. The highest BCUT2D eigenvalue weighted by Crippen LogP contribution is 2.35. The van der Waals surface area contributed by atoms with Gasteiger partial charge in [0.05, 0.1) is 15.4 Å². The number of halogens is 3. The van der Waals surface area contributed by atoms with Crippen LogP contribution in [0.25, 0.3) is 0 Å². The molecule has 1 aliphatic carbocycles. The van der Waals surface area contributed by atoms with Crippen LogP contribution in [0.5, 0.6) is 0 Å². The van der Waals surface area contributed by atoms with E-state index in [0.717, 1.165) is 12.1 Å². The van der Waals surface area contributed by atoms with E-state index in [-0.39, 0.29) is 9.26 Å². The smallest absolute Gasteiger partial charge is 0.307 e. The van der Waals surface area contributed by atoms with Crippen LogP contribution in [0.4, 0.5) is 14.5 Å². The predicted molar refractivity (Wildman–Crippen MR) is 71.6 cm³/mol. The quantitative estimate of drug-likeness (QED) is 0.625. The standard InChI is InChI=1S/C12H10F2INO3/c13-8-3-5(4-9(14)10(8)15)16-11(17)6-1-2-7(6)12(18)19/h3-4,6-7H,1-2H2,(H,16,17)(H,18,19). The Morgan fingerprint density at radius 1 is 1.21 bits per heavy atom. The van der Waals surface area contributed by atoms with Crippen molar-refractivity contribution in [1.82, 2.24) is 0 Å². The molecule has 0 spiro atoms. The fourth-order valence-corrected chi connectivity index (χ4v) is 2.28. The van der Waals surface area contributed by atoms with Gasteiger partial charge in [-0.15, -0.1) is 0 Å². The third kappa shape index (κ3) is 2.85. The Kier molecular flexibility index (Phi) is 4.02. The van der Waals surface area contributed by atoms with Crippen LogP contribution < -0.4 is 5.32 Å². The number of hydrogen-bond acceptors (Lipinski definition) is 2. The molecule has 1 saturated carbocycles. The number of carboxylic acids is 1. The molecule has 1 aromatic carbocycles. The average molecular weight is 381 g/mol. The molecular weight excluding hydrogens is 371 g/mol. The second-order valence-corrected chi connectivity index (χ2v) is 5.45. The number of nitrogens with one attached hydrogen (secondary N) is 1. The van der Waals surface area contributed by atoms with E-state index < -0.39 is 35.3 Å². The summed E-state index contributed by atoms with van der Waals surface area (Å²) >= 11 is 1.52. The molecule has 1 fully saturated rings. The molecule has 0 radical (unpaired) electrons. The van der Waals surface area contributed by atoms with E-state index in [1.54, 1.807) is 0 Å². The third-order valence-corrected chi connectivity index (χ3v) is 4.21. The first kappa shape index (κ1) is 14.2. The van der Waals surface area contributed by atoms with Gasteiger partial charge in [0.1, 0.15) is 11.6 Å². The maximum atomic E-state index is 13.3. The van der Waals surface area contributed by atoms with Gasteiger partial charge in [0.25, 0.3) is 0 Å². The molecule has 2 rings (SSSR count). The summed E-state index contributed by atoms with van der Waals surface area (Å²) in [6, 6.07) is 2.02. The topological polar surface area (TPSA) is 66.4 Å². The van der Waals surface area contributed by atoms with Crippen LogP contribution in [0.1, 0.15) is 12.8 Å². The lowest BCUT2D eigenvalue weighted by atomic mass is 9.73. The molecule has 19 heavy (non-hydrogen) atoms. The van der Waals surface area contributed by atoms with Gasteiger partial charge < -0.3 is 10.4 Å². The van der Waals surface area contributed by atoms with Gasteiger partial charge in [0.15, 0.2) is 0 Å². The molecule has 2 N–H and O–H groups in total. The third-order valence-electron chi connectivity index (χ3n) is 3.18. The second kappa shape index (κ2) is 5.40. The summed E-state index contributed by atoms with van der Waals surface area (Å²) in [4.78, 5) is 22.6. The van der Waals surface area contributed by atoms with Gasteiger partial charge in [-0.05, 0) is 47.6 Å². The van der Waals surface area contributed by atoms with Crippen molar-refractivity contribution >= 4 is 40.2 Å². The zero-order valence-corrected chi connectivity index (χ0v) is 11.8. The SMILES string of the molecule is O=C(O)C1CCC1C(=O)Nc1cc(F)c(I)c(F)c1. The molecule has 2 unspecified atom stereocenters. The summed E-state index contributed by atoms with van der Waals surface area (Å²) in [6.07, 6.45) is 0.918. The fourth-order valence-electron chi connectivity index (χ4n) is 1.97. The monoisotopic (exact) mass is 381 g/mol. The van der Waals surface area contributed by atoms with Gasteiger partial charge in [-0.2, -0.15) is 0 Å². The highest BCUT2D eigenvalue weighted by molar-refractivity contribution is 14.1. The lowest BCUT2D eigenvalue weighted by Crippen LogP contribution is -2.41. The van der Waals surface area contributed by atoms with E-state index in [0.29, 0.717) is 12.8 Å². The van der Waals surface area contributed by atoms with Crippen molar-refractivity contribution in [3.8, 4) is 0 Å². The number of carbonyl (C=O) groups is 2. The van der Waals surface area contributed by atoms with E-state index >= 15 is 0 Å². The number of amides is 1. The minimum Gasteiger partial charge on any atom is -0.481 e. The van der Waals surface area contributed by atoms with Crippen LogP contribution in [0.3, 0.4) is 0 Å². The number of rotatable bonds is 3. The van der Waals surface area contributed by atoms with Crippen molar-refractivity contribution in [3.05, 3.63) is 27.3 Å². The summed E-state index contributed by atoms with van der Waals surface area (Å²) < 4.78 is 26.4. The van der Waals surface area contributed by atoms with Gasteiger partial charge in [0, 0.05) is 5.69 Å². The molecular formula is C12H10F2INO3. The maximum absolute atomic E-state index is 13.3. The summed E-state index contributed by atoms with van der Waals surface area (Å²) in [7, 11) is 0. The van der Waals surface area contributed by atoms with Crippen LogP contribution in [-0.4, -0.2) is 17.0 Å². The number of carboxylic acid groups (broad SMARTS) is 1. The normalized spacial score (nSPS) is 21.6. The summed E-state index contributed by atoms with van der Waals surface area (Å²) in [6.45, 7) is 0. The Hall–Kier alpha value is -1.25. The minimum atomic E-state index is -1.02. The van der Waals surface area contributed by atoms with Crippen LogP contribution in [0, 0.1) is 27.0 Å². The van der Waals surface area contributed by atoms with Crippen LogP contribution >= 0.6 is 22.6 Å². The minimum absolute atomic E-state index is 0.00328. The highest BCUT2D eigenvalue weighted by atomic mass is 127. The first-order chi connectivity index (χ1) is 8.90. The molecule has 4 nitrogen and oxygen atoms in total. The number of anilines is 1. The number of aliphatic carboxylic acids is 1. The zero-order valence-electron chi connectivity index (χ0n) is 9.62. The Bertz CT molecular complexity index is 527. The van der Waals surface area contributed by atoms with E-state index in [2.05, 4.69) is 5.32 Å². The Labute approximate surface area is 121 Å². The molecule has 0 heterocycles. The summed E-state index contributed by atoms with van der Waals surface area (Å²) in [5, 5.41) is 11.2. The first-order valence-corrected chi connectivity index (χ1v) is 6.66. The van der Waals surface area contributed by atoms with E-state index in [1.165, 1.54) is 22.6 Å². The van der Waals surface area contributed by atoms with Crippen molar-refractivity contribution in [2.24, 2.45) is 11.8 Å². The highest BCUT2D eigenvalue weighted by Gasteiger charge is 2.41. The van der Waals surface area contributed by atoms with Gasteiger partial charge in [0.2, 0.25) is 5.91 Å².